The highest BCUT2D eigenvalue weighted by Crippen LogP contribution is 2.37. The average molecular weight is 576 g/mol. The molecule has 216 valence electrons. The molecule has 4 rings (SSSR count). The topological polar surface area (TPSA) is 63.5 Å². The molecule has 2 heterocycles. The summed E-state index contributed by atoms with van der Waals surface area (Å²) in [6.07, 6.45) is -8.59. The molecule has 0 aliphatic carbocycles. The van der Waals surface area contributed by atoms with E-state index in [1.807, 2.05) is 41.0 Å². The zero-order valence-electron chi connectivity index (χ0n) is 22.4. The van der Waals surface area contributed by atoms with Crippen molar-refractivity contribution in [3.05, 3.63) is 82.5 Å². The van der Waals surface area contributed by atoms with Crippen LogP contribution in [0.1, 0.15) is 32.6 Å². The lowest BCUT2D eigenvalue weighted by Crippen LogP contribution is -2.46. The fourth-order valence-electron chi connectivity index (χ4n) is 4.78. The predicted molar refractivity (Wildman–Crippen MR) is 141 cm³/mol. The number of piperazine rings is 1. The van der Waals surface area contributed by atoms with Gasteiger partial charge in [0, 0.05) is 46.0 Å². The molecule has 1 saturated heterocycles. The number of nitriles is 1. The number of hydrogen-bond donors (Lipinski definition) is 0. The summed E-state index contributed by atoms with van der Waals surface area (Å²) in [7, 11) is 1.32. The van der Waals surface area contributed by atoms with E-state index in [-0.39, 0.29) is 17.2 Å². The van der Waals surface area contributed by atoms with Gasteiger partial charge in [0.1, 0.15) is 5.82 Å². The number of carbonyl (C=O) groups excluding carboxylic acids is 1. The number of carbonyl (C=O) groups is 1. The van der Waals surface area contributed by atoms with Crippen molar-refractivity contribution in [2.45, 2.75) is 25.8 Å². The van der Waals surface area contributed by atoms with Gasteiger partial charge in [-0.1, -0.05) is 24.3 Å². The molecule has 0 unspecified atom stereocenters. The minimum atomic E-state index is -4.99. The first-order valence-electron chi connectivity index (χ1n) is 12.7. The van der Waals surface area contributed by atoms with E-state index in [1.165, 1.54) is 13.2 Å². The van der Waals surface area contributed by atoms with Gasteiger partial charge in [-0.15, -0.1) is 0 Å². The lowest BCUT2D eigenvalue weighted by atomic mass is 9.96. The molecule has 1 aromatic heterocycles. The largest absolute Gasteiger partial charge is 0.416 e. The van der Waals surface area contributed by atoms with E-state index in [0.717, 1.165) is 16.0 Å². The van der Waals surface area contributed by atoms with Crippen LogP contribution in [0.2, 0.25) is 0 Å². The normalized spacial score (nSPS) is 14.6. The fraction of sp³-hybridized carbons (Fsp3) is 0.345. The van der Waals surface area contributed by atoms with Crippen LogP contribution in [0, 0.1) is 18.3 Å². The van der Waals surface area contributed by atoms with Gasteiger partial charge in [-0.05, 0) is 53.4 Å². The number of amides is 1. The van der Waals surface area contributed by atoms with Crippen LogP contribution in [-0.2, 0) is 18.9 Å². The lowest BCUT2D eigenvalue weighted by molar-refractivity contribution is -0.143. The Hall–Kier alpha value is -4.11. The summed E-state index contributed by atoms with van der Waals surface area (Å²) in [6, 6.07) is 12.6. The van der Waals surface area contributed by atoms with Crippen LogP contribution in [0.5, 0.6) is 0 Å². The second-order valence-corrected chi connectivity index (χ2v) is 9.90. The van der Waals surface area contributed by atoms with Crippen LogP contribution in [0.25, 0.3) is 11.1 Å². The van der Waals surface area contributed by atoms with Crippen molar-refractivity contribution in [3.63, 3.8) is 0 Å². The van der Waals surface area contributed by atoms with Crippen LogP contribution >= 0.6 is 0 Å². The van der Waals surface area contributed by atoms with E-state index in [4.69, 9.17) is 5.26 Å². The maximum atomic E-state index is 13.6. The Labute approximate surface area is 233 Å². The number of nitrogens with zero attached hydrogens (tertiary/aromatic N) is 5. The Morgan fingerprint density at radius 2 is 1.56 bits per heavy atom. The average Bonchev–Trinajstić information content (AvgIpc) is 2.92. The summed E-state index contributed by atoms with van der Waals surface area (Å²) in [6.45, 7) is 4.27. The van der Waals surface area contributed by atoms with Gasteiger partial charge in [0.15, 0.2) is 0 Å². The van der Waals surface area contributed by atoms with Crippen molar-refractivity contribution in [3.8, 4) is 17.2 Å². The molecule has 1 aliphatic rings. The first-order valence-corrected chi connectivity index (χ1v) is 12.7. The molecule has 41 heavy (non-hydrogen) atoms. The zero-order chi connectivity index (χ0) is 29.9. The molecule has 0 radical (unpaired) electrons. The minimum Gasteiger partial charge on any atom is -0.354 e. The molecule has 2 aromatic carbocycles. The molecule has 12 heteroatoms. The number of pyridine rings is 1. The number of benzene rings is 2. The van der Waals surface area contributed by atoms with Crippen molar-refractivity contribution in [2.75, 3.05) is 44.7 Å². The van der Waals surface area contributed by atoms with Gasteiger partial charge in [0.25, 0.3) is 5.91 Å². The Morgan fingerprint density at radius 3 is 2.12 bits per heavy atom. The number of alkyl halides is 6. The number of hydrogen-bond acceptors (Lipinski definition) is 5. The molecule has 6 nitrogen and oxygen atoms in total. The van der Waals surface area contributed by atoms with Crippen LogP contribution in [-0.4, -0.2) is 60.5 Å². The van der Waals surface area contributed by atoms with E-state index in [9.17, 15) is 31.1 Å². The van der Waals surface area contributed by atoms with Gasteiger partial charge >= 0.3 is 12.4 Å². The molecule has 0 saturated carbocycles. The summed E-state index contributed by atoms with van der Waals surface area (Å²) in [5.41, 5.74) is -0.863. The minimum absolute atomic E-state index is 0.0599. The summed E-state index contributed by atoms with van der Waals surface area (Å²) < 4.78 is 80.1. The van der Waals surface area contributed by atoms with Gasteiger partial charge in [-0.25, -0.2) is 4.98 Å². The standard InChI is InChI=1S/C29H27F6N5O/c1-19-5-3-4-6-23(19)24-16-26(40-11-9-39(8-7-36)10-12-40)37-17-25(24)27(41)38(2)18-20-13-21(28(30,31)32)15-22(14-20)29(33,34)35/h3-6,13-17H,8-12,18H2,1-2H3. The fourth-order valence-corrected chi connectivity index (χ4v) is 4.78. The smallest absolute Gasteiger partial charge is 0.354 e. The maximum absolute atomic E-state index is 13.6. The lowest BCUT2D eigenvalue weighted by Gasteiger charge is -2.34. The van der Waals surface area contributed by atoms with Crippen LogP contribution in [0.15, 0.2) is 54.7 Å². The molecule has 1 amide bonds. The number of aryl methyl sites for hydroxylation is 1. The van der Waals surface area contributed by atoms with Crippen molar-refractivity contribution < 1.29 is 31.1 Å². The molecule has 0 spiro atoms. The first-order chi connectivity index (χ1) is 19.3. The quantitative estimate of drug-likeness (QED) is 0.266. The molecular formula is C29H27F6N5O. The zero-order valence-corrected chi connectivity index (χ0v) is 22.4. The SMILES string of the molecule is Cc1ccccc1-c1cc(N2CCN(CC#N)CC2)ncc1C(=O)N(C)Cc1cc(C(F)(F)F)cc(C(F)(F)F)c1. The summed E-state index contributed by atoms with van der Waals surface area (Å²) in [5, 5.41) is 8.96. The number of aromatic nitrogens is 1. The third kappa shape index (κ3) is 6.97. The van der Waals surface area contributed by atoms with Gasteiger partial charge < -0.3 is 9.80 Å². The van der Waals surface area contributed by atoms with Crippen molar-refractivity contribution >= 4 is 11.7 Å². The number of rotatable bonds is 6. The van der Waals surface area contributed by atoms with E-state index in [1.54, 1.807) is 6.07 Å². The van der Waals surface area contributed by atoms with Crippen molar-refractivity contribution in [1.82, 2.24) is 14.8 Å². The van der Waals surface area contributed by atoms with Gasteiger partial charge in [0.05, 0.1) is 29.3 Å². The molecule has 0 bridgehead atoms. The predicted octanol–water partition coefficient (Wildman–Crippen LogP) is 6.01. The van der Waals surface area contributed by atoms with Gasteiger partial charge in [-0.2, -0.15) is 31.6 Å². The third-order valence-corrected chi connectivity index (χ3v) is 6.96. The Balaban J connectivity index is 1.68. The van der Waals surface area contributed by atoms with E-state index < -0.39 is 35.9 Å². The van der Waals surface area contributed by atoms with E-state index in [2.05, 4.69) is 11.1 Å². The first kappa shape index (κ1) is 29.9. The summed E-state index contributed by atoms with van der Waals surface area (Å²) in [5.74, 6) is 0.0128. The second kappa shape index (κ2) is 11.8. The van der Waals surface area contributed by atoms with E-state index >= 15 is 0 Å². The monoisotopic (exact) mass is 575 g/mol. The highest BCUT2D eigenvalue weighted by atomic mass is 19.4. The molecular weight excluding hydrogens is 548 g/mol. The molecule has 3 aromatic rings. The number of halogens is 6. The molecule has 0 atom stereocenters. The van der Waals surface area contributed by atoms with Crippen molar-refractivity contribution in [2.24, 2.45) is 0 Å². The summed E-state index contributed by atoms with van der Waals surface area (Å²) in [4.78, 5) is 23.2. The Kier molecular flexibility index (Phi) is 8.58. The van der Waals surface area contributed by atoms with Gasteiger partial charge in [0.2, 0.25) is 0 Å². The highest BCUT2D eigenvalue weighted by molar-refractivity contribution is 6.01. The van der Waals surface area contributed by atoms with Crippen molar-refractivity contribution in [1.29, 1.82) is 5.26 Å². The third-order valence-electron chi connectivity index (χ3n) is 6.96. The van der Waals surface area contributed by atoms with Crippen LogP contribution < -0.4 is 4.90 Å². The molecule has 1 fully saturated rings. The van der Waals surface area contributed by atoms with Gasteiger partial charge in [-0.3, -0.25) is 9.69 Å². The highest BCUT2D eigenvalue weighted by Gasteiger charge is 2.37. The van der Waals surface area contributed by atoms with Crippen LogP contribution in [0.3, 0.4) is 0 Å². The summed E-state index contributed by atoms with van der Waals surface area (Å²) >= 11 is 0. The van der Waals surface area contributed by atoms with Crippen LogP contribution in [0.4, 0.5) is 32.2 Å². The van der Waals surface area contributed by atoms with E-state index in [0.29, 0.717) is 56.2 Å². The molecule has 1 aliphatic heterocycles. The molecule has 0 N–H and O–H groups in total. The maximum Gasteiger partial charge on any atom is 0.416 e. The second-order valence-electron chi connectivity index (χ2n) is 9.90. The Bertz CT molecular complexity index is 1420. The Morgan fingerprint density at radius 1 is 0.951 bits per heavy atom. The number of anilines is 1.